The van der Waals surface area contributed by atoms with Gasteiger partial charge in [-0.1, -0.05) is 30.8 Å². The Hall–Kier alpha value is -1.90. The van der Waals surface area contributed by atoms with E-state index in [0.29, 0.717) is 5.75 Å². The second-order valence-electron chi connectivity index (χ2n) is 6.67. The lowest BCUT2D eigenvalue weighted by atomic mass is 9.78. The van der Waals surface area contributed by atoms with Gasteiger partial charge in [-0.2, -0.15) is 0 Å². The zero-order valence-electron chi connectivity index (χ0n) is 14.2. The Morgan fingerprint density at radius 2 is 2.15 bits per heavy atom. The number of carbonyl (C=O) groups excluding carboxylic acids is 1. The Labute approximate surface area is 158 Å². The number of thioether (sulfide) groups is 1. The highest BCUT2D eigenvalue weighted by atomic mass is 32.2. The van der Waals surface area contributed by atoms with E-state index in [1.165, 1.54) is 16.7 Å². The number of aliphatic carboxylic acids is 1. The molecule has 0 saturated carbocycles. The summed E-state index contributed by atoms with van der Waals surface area (Å²) in [6, 6.07) is 7.60. The van der Waals surface area contributed by atoms with Gasteiger partial charge in [0.05, 0.1) is 28.3 Å². The van der Waals surface area contributed by atoms with Gasteiger partial charge in [-0.25, -0.2) is 9.78 Å². The number of nitrogens with zero attached hydrogens (tertiary/aromatic N) is 2. The van der Waals surface area contributed by atoms with E-state index in [1.54, 1.807) is 18.3 Å². The van der Waals surface area contributed by atoms with Crippen LogP contribution in [0.4, 0.5) is 0 Å². The Kier molecular flexibility index (Phi) is 4.29. The van der Waals surface area contributed by atoms with Gasteiger partial charge < -0.3 is 15.1 Å². The first-order valence-corrected chi connectivity index (χ1v) is 10.2. The summed E-state index contributed by atoms with van der Waals surface area (Å²) in [5.41, 5.74) is 1.75. The summed E-state index contributed by atoms with van der Waals surface area (Å²) >= 11 is 3.07. The second kappa shape index (κ2) is 6.37. The zero-order chi connectivity index (χ0) is 18.6. The lowest BCUT2D eigenvalue weighted by molar-refractivity contribution is -0.163. The van der Waals surface area contributed by atoms with E-state index in [4.69, 9.17) is 0 Å². The van der Waals surface area contributed by atoms with E-state index in [9.17, 15) is 19.8 Å². The van der Waals surface area contributed by atoms with Gasteiger partial charge in [-0.3, -0.25) is 4.79 Å². The average molecular weight is 390 g/mol. The van der Waals surface area contributed by atoms with Crippen molar-refractivity contribution >= 4 is 45.2 Å². The predicted octanol–water partition coefficient (Wildman–Crippen LogP) is 2.58. The fourth-order valence-corrected chi connectivity index (χ4v) is 6.11. The molecule has 0 bridgehead atoms. The van der Waals surface area contributed by atoms with Crippen LogP contribution in [0.2, 0.25) is 0 Å². The number of aliphatic hydroxyl groups excluding tert-OH is 1. The van der Waals surface area contributed by atoms with Crippen molar-refractivity contribution in [3.05, 3.63) is 35.5 Å². The van der Waals surface area contributed by atoms with Crippen molar-refractivity contribution < 1.29 is 19.8 Å². The fourth-order valence-electron chi connectivity index (χ4n) is 3.89. The molecule has 1 fully saturated rings. The number of thiazole rings is 1. The van der Waals surface area contributed by atoms with E-state index in [-0.39, 0.29) is 23.6 Å². The number of carbonyl (C=O) groups is 2. The molecule has 0 spiro atoms. The highest BCUT2D eigenvalue weighted by Gasteiger charge is 2.59. The molecule has 4 atom stereocenters. The van der Waals surface area contributed by atoms with Crippen LogP contribution in [-0.4, -0.2) is 49.9 Å². The number of amides is 1. The van der Waals surface area contributed by atoms with Crippen LogP contribution in [0.25, 0.3) is 10.2 Å². The highest BCUT2D eigenvalue weighted by Crippen LogP contribution is 2.48. The third-order valence-corrected chi connectivity index (χ3v) is 7.37. The monoisotopic (exact) mass is 390 g/mol. The van der Waals surface area contributed by atoms with Gasteiger partial charge >= 0.3 is 5.97 Å². The lowest BCUT2D eigenvalue weighted by Gasteiger charge is -2.46. The summed E-state index contributed by atoms with van der Waals surface area (Å²) in [5, 5.41) is 19.5. The maximum Gasteiger partial charge on any atom is 0.352 e. The van der Waals surface area contributed by atoms with Gasteiger partial charge in [-0.05, 0) is 24.6 Å². The minimum absolute atomic E-state index is 0.0815. The Morgan fingerprint density at radius 3 is 2.81 bits per heavy atom. The number of fused-ring (bicyclic) bond motifs is 2. The molecule has 3 unspecified atom stereocenters. The van der Waals surface area contributed by atoms with Crippen LogP contribution >= 0.6 is 23.1 Å². The molecule has 2 N–H and O–H groups in total. The summed E-state index contributed by atoms with van der Waals surface area (Å²) in [6.07, 6.45) is -0.780. The van der Waals surface area contributed by atoms with Crippen LogP contribution in [-0.2, 0) is 9.59 Å². The molecule has 136 valence electrons. The van der Waals surface area contributed by atoms with Gasteiger partial charge in [0, 0.05) is 11.7 Å². The molecule has 1 saturated heterocycles. The number of carboxylic acids is 1. The maximum atomic E-state index is 12.3. The minimum atomic E-state index is -1.09. The highest BCUT2D eigenvalue weighted by molar-refractivity contribution is 8.01. The molecule has 3 heterocycles. The molecule has 1 aromatic heterocycles. The van der Waals surface area contributed by atoms with Gasteiger partial charge in [0.1, 0.15) is 5.70 Å². The number of aromatic nitrogens is 1. The number of β-lactam (4-membered cyclic amide) rings is 1. The van der Waals surface area contributed by atoms with E-state index < -0.39 is 18.0 Å². The van der Waals surface area contributed by atoms with Gasteiger partial charge in [0.15, 0.2) is 4.34 Å². The molecule has 2 aromatic rings. The SMILES string of the molecule is CC(O)C1C(=O)N2C(C(=O)O)=C(CSc3nc4ccccc4s3)[C@H](C)C12. The normalized spacial score (nSPS) is 26.2. The van der Waals surface area contributed by atoms with Crippen molar-refractivity contribution in [1.82, 2.24) is 9.88 Å². The van der Waals surface area contributed by atoms with Crippen LogP contribution < -0.4 is 0 Å². The fraction of sp³-hybridized carbons (Fsp3) is 0.389. The lowest BCUT2D eigenvalue weighted by Crippen LogP contribution is -2.63. The largest absolute Gasteiger partial charge is 0.477 e. The van der Waals surface area contributed by atoms with Crippen LogP contribution in [0.15, 0.2) is 39.9 Å². The predicted molar refractivity (Wildman–Crippen MR) is 100.0 cm³/mol. The molecule has 0 aliphatic carbocycles. The Morgan fingerprint density at radius 1 is 1.42 bits per heavy atom. The molecule has 4 rings (SSSR count). The standard InChI is InChI=1S/C18H18N2O4S2/c1-8-10(7-25-18-19-11-5-3-4-6-12(11)26-18)15(17(23)24)20-14(8)13(9(2)21)16(20)22/h3-6,8-9,13-14,21H,7H2,1-2H3,(H,23,24)/t8-,9?,13?,14?/m0/s1. The first kappa shape index (κ1) is 17.5. The third-order valence-electron chi connectivity index (χ3n) is 5.14. The molecule has 1 amide bonds. The number of hydrogen-bond donors (Lipinski definition) is 2. The van der Waals surface area contributed by atoms with Crippen molar-refractivity contribution in [3.63, 3.8) is 0 Å². The summed E-state index contributed by atoms with van der Waals surface area (Å²) in [5.74, 6) is -1.54. The van der Waals surface area contributed by atoms with E-state index in [1.807, 2.05) is 31.2 Å². The average Bonchev–Trinajstić information content (AvgIpc) is 3.09. The molecular formula is C18H18N2O4S2. The number of rotatable bonds is 5. The second-order valence-corrected chi connectivity index (χ2v) is 8.92. The molecule has 1 aromatic carbocycles. The Bertz CT molecular complexity index is 903. The summed E-state index contributed by atoms with van der Waals surface area (Å²) in [7, 11) is 0. The summed E-state index contributed by atoms with van der Waals surface area (Å²) < 4.78 is 1.97. The van der Waals surface area contributed by atoms with Crippen molar-refractivity contribution in [2.24, 2.45) is 11.8 Å². The van der Waals surface area contributed by atoms with Crippen molar-refractivity contribution in [2.45, 2.75) is 30.3 Å². The quantitative estimate of drug-likeness (QED) is 0.602. The van der Waals surface area contributed by atoms with Gasteiger partial charge in [-0.15, -0.1) is 11.3 Å². The van der Waals surface area contributed by atoms with Crippen LogP contribution in [0.3, 0.4) is 0 Å². The van der Waals surface area contributed by atoms with Crippen LogP contribution in [0.1, 0.15) is 13.8 Å². The molecule has 26 heavy (non-hydrogen) atoms. The topological polar surface area (TPSA) is 90.7 Å². The van der Waals surface area contributed by atoms with E-state index in [0.717, 1.165) is 20.1 Å². The molecule has 6 nitrogen and oxygen atoms in total. The number of carboxylic acid groups (broad SMARTS) is 1. The molecule has 8 heteroatoms. The maximum absolute atomic E-state index is 12.3. The van der Waals surface area contributed by atoms with E-state index >= 15 is 0 Å². The molecular weight excluding hydrogens is 372 g/mol. The summed E-state index contributed by atoms with van der Waals surface area (Å²) in [4.78, 5) is 30.0. The van der Waals surface area contributed by atoms with Crippen molar-refractivity contribution in [3.8, 4) is 0 Å². The molecule has 2 aliphatic heterocycles. The Balaban J connectivity index is 1.60. The van der Waals surface area contributed by atoms with Crippen molar-refractivity contribution in [1.29, 1.82) is 0 Å². The molecule has 2 aliphatic rings. The third kappa shape index (κ3) is 2.55. The van der Waals surface area contributed by atoms with Crippen LogP contribution in [0.5, 0.6) is 0 Å². The smallest absolute Gasteiger partial charge is 0.352 e. The number of hydrogen-bond acceptors (Lipinski definition) is 6. The number of benzene rings is 1. The number of para-hydroxylation sites is 1. The van der Waals surface area contributed by atoms with Crippen molar-refractivity contribution in [2.75, 3.05) is 5.75 Å². The first-order valence-electron chi connectivity index (χ1n) is 8.36. The van der Waals surface area contributed by atoms with Crippen LogP contribution in [0, 0.1) is 11.8 Å². The zero-order valence-corrected chi connectivity index (χ0v) is 15.9. The number of aliphatic hydroxyl groups is 1. The summed E-state index contributed by atoms with van der Waals surface area (Å²) in [6.45, 7) is 3.52. The molecule has 0 radical (unpaired) electrons. The first-order chi connectivity index (χ1) is 12.4. The van der Waals surface area contributed by atoms with E-state index in [2.05, 4.69) is 4.98 Å². The van der Waals surface area contributed by atoms with Gasteiger partial charge in [0.25, 0.3) is 0 Å². The van der Waals surface area contributed by atoms with Gasteiger partial charge in [0.2, 0.25) is 5.91 Å². The minimum Gasteiger partial charge on any atom is -0.477 e.